The summed E-state index contributed by atoms with van der Waals surface area (Å²) in [6.45, 7) is 9.15. The minimum atomic E-state index is -0.530. The molecule has 3 atom stereocenters. The normalized spacial score (nSPS) is 22.4. The zero-order valence-corrected chi connectivity index (χ0v) is 17.2. The summed E-state index contributed by atoms with van der Waals surface area (Å²) in [5.74, 6) is -0.254. The molecule has 0 saturated heterocycles. The molecule has 1 aliphatic rings. The predicted molar refractivity (Wildman–Crippen MR) is 106 cm³/mol. The summed E-state index contributed by atoms with van der Waals surface area (Å²) >= 11 is 0. The van der Waals surface area contributed by atoms with Gasteiger partial charge in [0.2, 0.25) is 6.29 Å². The van der Waals surface area contributed by atoms with Gasteiger partial charge in [0.1, 0.15) is 5.82 Å². The Morgan fingerprint density at radius 2 is 1.96 bits per heavy atom. The maximum Gasteiger partial charge on any atom is 0.286 e. The van der Waals surface area contributed by atoms with Crippen LogP contribution in [0, 0.1) is 23.1 Å². The topological polar surface area (TPSA) is 67.8 Å². The summed E-state index contributed by atoms with van der Waals surface area (Å²) in [6, 6.07) is 6.00. The van der Waals surface area contributed by atoms with Crippen molar-refractivity contribution in [2.75, 3.05) is 13.2 Å². The van der Waals surface area contributed by atoms with Gasteiger partial charge in [-0.2, -0.15) is 0 Å². The largest absolute Gasteiger partial charge is 0.459 e. The van der Waals surface area contributed by atoms with Gasteiger partial charge < -0.3 is 19.9 Å². The number of allylic oxidation sites excluding steroid dienone is 1. The smallest absolute Gasteiger partial charge is 0.286 e. The quantitative estimate of drug-likeness (QED) is 0.706. The number of hydrogen-bond acceptors (Lipinski definition) is 4. The van der Waals surface area contributed by atoms with Crippen molar-refractivity contribution < 1.29 is 23.8 Å². The fourth-order valence-electron chi connectivity index (χ4n) is 3.57. The maximum absolute atomic E-state index is 13.0. The lowest BCUT2D eigenvalue weighted by Crippen LogP contribution is -2.43. The zero-order valence-electron chi connectivity index (χ0n) is 17.2. The van der Waals surface area contributed by atoms with Gasteiger partial charge in [0.05, 0.1) is 0 Å². The summed E-state index contributed by atoms with van der Waals surface area (Å²) in [7, 11) is 0. The summed E-state index contributed by atoms with van der Waals surface area (Å²) < 4.78 is 24.8. The van der Waals surface area contributed by atoms with Crippen LogP contribution in [0.2, 0.25) is 0 Å². The monoisotopic (exact) mass is 393 g/mol. The Balaban J connectivity index is 2.17. The molecular formula is C22H32FNO4. The van der Waals surface area contributed by atoms with E-state index in [4.69, 9.17) is 9.47 Å². The van der Waals surface area contributed by atoms with E-state index in [9.17, 15) is 14.3 Å². The standard InChI is InChI=1S/C22H32FNO4/c1-5-27-21-17(7-6-12-25)18(22(2,3)4)13-19(28-21)20(26)24-14-15-8-10-16(23)11-9-15/h8-11,13,17-18,21,25H,5-7,12,14H2,1-4H3,(H,24,26)/t17-,18+,21-/m0/s1. The number of benzene rings is 1. The Morgan fingerprint density at radius 1 is 1.29 bits per heavy atom. The van der Waals surface area contributed by atoms with Gasteiger partial charge in [0.25, 0.3) is 5.91 Å². The molecule has 2 rings (SSSR count). The summed E-state index contributed by atoms with van der Waals surface area (Å²) in [5, 5.41) is 12.1. The molecule has 1 amide bonds. The highest BCUT2D eigenvalue weighted by molar-refractivity contribution is 5.91. The number of amides is 1. The van der Waals surface area contributed by atoms with Crippen LogP contribution in [0.3, 0.4) is 0 Å². The van der Waals surface area contributed by atoms with Crippen LogP contribution in [0.5, 0.6) is 0 Å². The third-order valence-electron chi connectivity index (χ3n) is 5.00. The minimum absolute atomic E-state index is 0.0562. The van der Waals surface area contributed by atoms with Gasteiger partial charge >= 0.3 is 0 Å². The fraction of sp³-hybridized carbons (Fsp3) is 0.591. The molecule has 1 heterocycles. The van der Waals surface area contributed by atoms with Crippen LogP contribution in [0.4, 0.5) is 4.39 Å². The molecule has 1 aliphatic heterocycles. The first kappa shape index (κ1) is 22.4. The third kappa shape index (κ3) is 6.04. The first-order valence-electron chi connectivity index (χ1n) is 9.89. The van der Waals surface area contributed by atoms with Crippen LogP contribution in [-0.2, 0) is 20.8 Å². The number of ether oxygens (including phenoxy) is 2. The Bertz CT molecular complexity index is 666. The summed E-state index contributed by atoms with van der Waals surface area (Å²) in [5.41, 5.74) is 0.711. The first-order valence-corrected chi connectivity index (χ1v) is 9.89. The van der Waals surface area contributed by atoms with Crippen molar-refractivity contribution in [3.8, 4) is 0 Å². The van der Waals surface area contributed by atoms with Gasteiger partial charge in [-0.25, -0.2) is 4.39 Å². The van der Waals surface area contributed by atoms with E-state index in [0.717, 1.165) is 12.0 Å². The lowest BCUT2D eigenvalue weighted by atomic mass is 9.70. The number of aliphatic hydroxyl groups is 1. The van der Waals surface area contributed by atoms with Crippen molar-refractivity contribution in [1.82, 2.24) is 5.32 Å². The highest BCUT2D eigenvalue weighted by Gasteiger charge is 2.42. The van der Waals surface area contributed by atoms with Crippen LogP contribution >= 0.6 is 0 Å². The van der Waals surface area contributed by atoms with E-state index in [1.165, 1.54) is 12.1 Å². The van der Waals surface area contributed by atoms with Gasteiger partial charge in [-0.1, -0.05) is 32.9 Å². The predicted octanol–water partition coefficient (Wildman–Crippen LogP) is 3.77. The zero-order chi connectivity index (χ0) is 20.7. The molecule has 0 aliphatic carbocycles. The average Bonchev–Trinajstić information content (AvgIpc) is 2.65. The van der Waals surface area contributed by atoms with Crippen molar-refractivity contribution in [1.29, 1.82) is 0 Å². The Kier molecular flexibility index (Phi) is 8.01. The van der Waals surface area contributed by atoms with Gasteiger partial charge in [0, 0.05) is 25.7 Å². The number of carbonyl (C=O) groups excluding carboxylic acids is 1. The number of halogens is 1. The molecule has 1 aromatic rings. The van der Waals surface area contributed by atoms with Crippen LogP contribution in [0.25, 0.3) is 0 Å². The van der Waals surface area contributed by atoms with E-state index in [1.54, 1.807) is 12.1 Å². The van der Waals surface area contributed by atoms with Crippen LogP contribution in [0.1, 0.15) is 46.1 Å². The summed E-state index contributed by atoms with van der Waals surface area (Å²) in [4.78, 5) is 12.7. The molecule has 0 unspecified atom stereocenters. The Morgan fingerprint density at radius 3 is 2.54 bits per heavy atom. The van der Waals surface area contributed by atoms with Gasteiger partial charge in [-0.05, 0) is 54.9 Å². The maximum atomic E-state index is 13.0. The van der Waals surface area contributed by atoms with Crippen molar-refractivity contribution >= 4 is 5.91 Å². The highest BCUT2D eigenvalue weighted by atomic mass is 19.1. The minimum Gasteiger partial charge on any atom is -0.459 e. The number of rotatable bonds is 8. The molecule has 6 heteroatoms. The van der Waals surface area contributed by atoms with E-state index >= 15 is 0 Å². The van der Waals surface area contributed by atoms with E-state index in [1.807, 2.05) is 13.0 Å². The Hall–Kier alpha value is -1.92. The van der Waals surface area contributed by atoms with Crippen LogP contribution in [0.15, 0.2) is 36.1 Å². The van der Waals surface area contributed by atoms with Crippen molar-refractivity contribution in [3.05, 3.63) is 47.5 Å². The number of hydrogen-bond donors (Lipinski definition) is 2. The van der Waals surface area contributed by atoms with E-state index < -0.39 is 6.29 Å². The molecule has 0 radical (unpaired) electrons. The molecule has 0 spiro atoms. The van der Waals surface area contributed by atoms with Crippen LogP contribution < -0.4 is 5.32 Å². The van der Waals surface area contributed by atoms with Crippen molar-refractivity contribution in [2.24, 2.45) is 17.3 Å². The molecule has 5 nitrogen and oxygen atoms in total. The molecular weight excluding hydrogens is 361 g/mol. The van der Waals surface area contributed by atoms with Crippen molar-refractivity contribution in [2.45, 2.75) is 53.4 Å². The van der Waals surface area contributed by atoms with Gasteiger partial charge in [-0.3, -0.25) is 4.79 Å². The number of carbonyl (C=O) groups is 1. The fourth-order valence-corrected chi connectivity index (χ4v) is 3.57. The van der Waals surface area contributed by atoms with E-state index in [-0.39, 0.29) is 47.9 Å². The number of nitrogens with one attached hydrogen (secondary N) is 1. The average molecular weight is 393 g/mol. The molecule has 0 fully saturated rings. The molecule has 0 aromatic heterocycles. The van der Waals surface area contributed by atoms with E-state index in [0.29, 0.717) is 13.0 Å². The second-order valence-corrected chi connectivity index (χ2v) is 8.20. The molecule has 2 N–H and O–H groups in total. The molecule has 156 valence electrons. The second kappa shape index (κ2) is 10.0. The molecule has 1 aromatic carbocycles. The second-order valence-electron chi connectivity index (χ2n) is 8.20. The highest BCUT2D eigenvalue weighted by Crippen LogP contribution is 2.42. The van der Waals surface area contributed by atoms with Crippen LogP contribution in [-0.4, -0.2) is 30.5 Å². The van der Waals surface area contributed by atoms with Gasteiger partial charge in [0.15, 0.2) is 5.76 Å². The molecule has 28 heavy (non-hydrogen) atoms. The third-order valence-corrected chi connectivity index (χ3v) is 5.00. The first-order chi connectivity index (χ1) is 13.3. The van der Waals surface area contributed by atoms with E-state index in [2.05, 4.69) is 26.1 Å². The number of aliphatic hydroxyl groups excluding tert-OH is 1. The lowest BCUT2D eigenvalue weighted by Gasteiger charge is -2.42. The SMILES string of the molecule is CCO[C@H]1OC(C(=O)NCc2ccc(F)cc2)=C[C@@H](C(C)(C)C)[C@@H]1CCCO. The van der Waals surface area contributed by atoms with Crippen molar-refractivity contribution in [3.63, 3.8) is 0 Å². The molecule has 0 bridgehead atoms. The lowest BCUT2D eigenvalue weighted by molar-refractivity contribution is -0.179. The molecule has 0 saturated carbocycles. The summed E-state index contributed by atoms with van der Waals surface area (Å²) in [6.07, 6.45) is 2.77. The van der Waals surface area contributed by atoms with Gasteiger partial charge in [-0.15, -0.1) is 0 Å². The Labute approximate surface area is 166 Å².